The van der Waals surface area contributed by atoms with Crippen LogP contribution in [0.15, 0.2) is 29.2 Å². The fourth-order valence-electron chi connectivity index (χ4n) is 3.49. The Morgan fingerprint density at radius 3 is 2.15 bits per heavy atom. The lowest BCUT2D eigenvalue weighted by atomic mass is 9.99. The molecule has 2 aliphatic heterocycles. The van der Waals surface area contributed by atoms with Crippen molar-refractivity contribution in [2.45, 2.75) is 30.6 Å². The highest BCUT2D eigenvalue weighted by molar-refractivity contribution is 7.89. The Labute approximate surface area is 160 Å². The molecule has 1 amide bonds. The van der Waals surface area contributed by atoms with E-state index in [1.54, 1.807) is 12.1 Å². The monoisotopic (exact) mass is 415 g/mol. The zero-order valence-corrected chi connectivity index (χ0v) is 16.9. The molecule has 2 saturated heterocycles. The maximum atomic E-state index is 12.5. The van der Waals surface area contributed by atoms with Crippen molar-refractivity contribution in [3.05, 3.63) is 24.3 Å². The lowest BCUT2D eigenvalue weighted by Crippen LogP contribution is -2.43. The summed E-state index contributed by atoms with van der Waals surface area (Å²) in [6.07, 6.45) is 4.16. The normalized spacial score (nSPS) is 22.6. The SMILES string of the molecule is CS(=O)(=O)N1CCCC(C(=O)Nc2ccc(S(=O)(=O)N3CCCC3)cc2)C1. The summed E-state index contributed by atoms with van der Waals surface area (Å²) in [6, 6.07) is 6.12. The van der Waals surface area contributed by atoms with Crippen LogP contribution >= 0.6 is 0 Å². The fraction of sp³-hybridized carbons (Fsp3) is 0.588. The van der Waals surface area contributed by atoms with E-state index < -0.39 is 26.0 Å². The Morgan fingerprint density at radius 2 is 1.56 bits per heavy atom. The molecule has 0 aromatic heterocycles. The van der Waals surface area contributed by atoms with E-state index in [-0.39, 0.29) is 17.3 Å². The van der Waals surface area contributed by atoms with Gasteiger partial charge in [-0.15, -0.1) is 0 Å². The molecule has 0 saturated carbocycles. The highest BCUT2D eigenvalue weighted by Crippen LogP contribution is 2.24. The van der Waals surface area contributed by atoms with Crippen LogP contribution in [0.25, 0.3) is 0 Å². The largest absolute Gasteiger partial charge is 0.326 e. The molecule has 0 spiro atoms. The van der Waals surface area contributed by atoms with Crippen molar-refractivity contribution in [1.82, 2.24) is 8.61 Å². The molecule has 1 atom stereocenters. The van der Waals surface area contributed by atoms with Gasteiger partial charge in [0.15, 0.2) is 0 Å². The van der Waals surface area contributed by atoms with Gasteiger partial charge in [-0.25, -0.2) is 21.1 Å². The first-order valence-corrected chi connectivity index (χ1v) is 12.3. The molecule has 0 radical (unpaired) electrons. The minimum absolute atomic E-state index is 0.173. The number of benzene rings is 1. The molecule has 1 aromatic carbocycles. The van der Waals surface area contributed by atoms with Gasteiger partial charge in [0.2, 0.25) is 26.0 Å². The summed E-state index contributed by atoms with van der Waals surface area (Å²) in [7, 11) is -6.79. The molecule has 1 N–H and O–H groups in total. The van der Waals surface area contributed by atoms with E-state index >= 15 is 0 Å². The van der Waals surface area contributed by atoms with Gasteiger partial charge >= 0.3 is 0 Å². The molecule has 27 heavy (non-hydrogen) atoms. The first kappa shape index (κ1) is 20.2. The van der Waals surface area contributed by atoms with E-state index in [9.17, 15) is 21.6 Å². The van der Waals surface area contributed by atoms with E-state index in [0.717, 1.165) is 19.1 Å². The van der Waals surface area contributed by atoms with Crippen molar-refractivity contribution in [3.63, 3.8) is 0 Å². The Kier molecular flexibility index (Phi) is 5.90. The molecule has 8 nitrogen and oxygen atoms in total. The molecule has 2 heterocycles. The minimum atomic E-state index is -3.48. The van der Waals surface area contributed by atoms with Crippen LogP contribution in [0.4, 0.5) is 5.69 Å². The number of piperidine rings is 1. The Balaban J connectivity index is 1.65. The molecule has 10 heteroatoms. The second-order valence-electron chi connectivity index (χ2n) is 7.08. The van der Waals surface area contributed by atoms with Crippen LogP contribution in [-0.4, -0.2) is 63.8 Å². The number of hydrogen-bond acceptors (Lipinski definition) is 5. The minimum Gasteiger partial charge on any atom is -0.326 e. The average molecular weight is 416 g/mol. The molecular formula is C17H25N3O5S2. The molecule has 1 unspecified atom stereocenters. The zero-order valence-electron chi connectivity index (χ0n) is 15.3. The molecule has 0 bridgehead atoms. The smallest absolute Gasteiger partial charge is 0.243 e. The third-order valence-electron chi connectivity index (χ3n) is 5.05. The summed E-state index contributed by atoms with van der Waals surface area (Å²) >= 11 is 0. The first-order chi connectivity index (χ1) is 12.7. The number of hydrogen-bond donors (Lipinski definition) is 1. The van der Waals surface area contributed by atoms with Crippen LogP contribution in [0.1, 0.15) is 25.7 Å². The summed E-state index contributed by atoms with van der Waals surface area (Å²) in [6.45, 7) is 1.69. The Hall–Kier alpha value is -1.49. The maximum Gasteiger partial charge on any atom is 0.243 e. The highest BCUT2D eigenvalue weighted by Gasteiger charge is 2.30. The molecule has 150 valence electrons. The lowest BCUT2D eigenvalue weighted by Gasteiger charge is -2.30. The molecular weight excluding hydrogens is 390 g/mol. The zero-order chi connectivity index (χ0) is 19.7. The van der Waals surface area contributed by atoms with Crippen molar-refractivity contribution in [1.29, 1.82) is 0 Å². The van der Waals surface area contributed by atoms with Crippen molar-refractivity contribution >= 4 is 31.6 Å². The van der Waals surface area contributed by atoms with Crippen molar-refractivity contribution < 1.29 is 21.6 Å². The third kappa shape index (κ3) is 4.68. The van der Waals surface area contributed by atoms with Gasteiger partial charge in [0.1, 0.15) is 0 Å². The summed E-state index contributed by atoms with van der Waals surface area (Å²) in [5.41, 5.74) is 0.497. The number of nitrogens with zero attached hydrogens (tertiary/aromatic N) is 2. The third-order valence-corrected chi connectivity index (χ3v) is 8.23. The maximum absolute atomic E-state index is 12.5. The number of rotatable bonds is 5. The first-order valence-electron chi connectivity index (χ1n) is 9.04. The second-order valence-corrected chi connectivity index (χ2v) is 11.0. The topological polar surface area (TPSA) is 104 Å². The Bertz CT molecular complexity index is 891. The highest BCUT2D eigenvalue weighted by atomic mass is 32.2. The van der Waals surface area contributed by atoms with Crippen molar-refractivity contribution in [2.75, 3.05) is 37.8 Å². The summed E-state index contributed by atoms with van der Waals surface area (Å²) in [5.74, 6) is -0.667. The van der Waals surface area contributed by atoms with Gasteiger partial charge < -0.3 is 5.32 Å². The van der Waals surface area contributed by atoms with Gasteiger partial charge in [-0.05, 0) is 49.9 Å². The van der Waals surface area contributed by atoms with Gasteiger partial charge in [-0.2, -0.15) is 4.31 Å². The van der Waals surface area contributed by atoms with E-state index in [2.05, 4.69) is 5.32 Å². The molecule has 0 aliphatic carbocycles. The molecule has 2 aliphatic rings. The molecule has 1 aromatic rings. The molecule has 3 rings (SSSR count). The van der Waals surface area contributed by atoms with Crippen LogP contribution in [0.3, 0.4) is 0 Å². The number of carbonyl (C=O) groups excluding carboxylic acids is 1. The Morgan fingerprint density at radius 1 is 0.963 bits per heavy atom. The summed E-state index contributed by atoms with van der Waals surface area (Å²) in [4.78, 5) is 12.7. The van der Waals surface area contributed by atoms with Crippen LogP contribution in [0, 0.1) is 5.92 Å². The standard InChI is InChI=1S/C17H25N3O5S2/c1-26(22,23)20-12-4-5-14(13-20)17(21)18-15-6-8-16(9-7-15)27(24,25)19-10-2-3-11-19/h6-9,14H,2-5,10-13H2,1H3,(H,18,21). The van der Waals surface area contributed by atoms with Crippen LogP contribution in [0.2, 0.25) is 0 Å². The summed E-state index contributed by atoms with van der Waals surface area (Å²) in [5, 5.41) is 2.76. The predicted molar refractivity (Wildman–Crippen MR) is 102 cm³/mol. The van der Waals surface area contributed by atoms with Crippen molar-refractivity contribution in [3.8, 4) is 0 Å². The van der Waals surface area contributed by atoms with E-state index in [0.29, 0.717) is 38.2 Å². The quantitative estimate of drug-likeness (QED) is 0.775. The fourth-order valence-corrected chi connectivity index (χ4v) is 5.92. The van der Waals surface area contributed by atoms with Crippen LogP contribution in [0.5, 0.6) is 0 Å². The van der Waals surface area contributed by atoms with Crippen LogP contribution < -0.4 is 5.32 Å². The van der Waals surface area contributed by atoms with E-state index in [1.807, 2.05) is 0 Å². The second kappa shape index (κ2) is 7.86. The lowest BCUT2D eigenvalue weighted by molar-refractivity contribution is -0.120. The van der Waals surface area contributed by atoms with Gasteiger partial charge in [0.25, 0.3) is 0 Å². The van der Waals surface area contributed by atoms with Gasteiger partial charge in [-0.1, -0.05) is 0 Å². The van der Waals surface area contributed by atoms with Crippen LogP contribution in [-0.2, 0) is 24.8 Å². The molecule has 2 fully saturated rings. The number of anilines is 1. The van der Waals surface area contributed by atoms with Gasteiger partial charge in [-0.3, -0.25) is 4.79 Å². The number of amides is 1. The van der Waals surface area contributed by atoms with E-state index in [1.165, 1.54) is 20.7 Å². The van der Waals surface area contributed by atoms with Crippen molar-refractivity contribution in [2.24, 2.45) is 5.92 Å². The van der Waals surface area contributed by atoms with Gasteiger partial charge in [0.05, 0.1) is 17.1 Å². The predicted octanol–water partition coefficient (Wildman–Crippen LogP) is 1.08. The summed E-state index contributed by atoms with van der Waals surface area (Å²) < 4.78 is 51.2. The average Bonchev–Trinajstić information content (AvgIpc) is 3.17. The van der Waals surface area contributed by atoms with E-state index in [4.69, 9.17) is 0 Å². The number of carbonyl (C=O) groups is 1. The number of sulfonamides is 2. The van der Waals surface area contributed by atoms with Gasteiger partial charge in [0, 0.05) is 31.9 Å². The number of nitrogens with one attached hydrogen (secondary N) is 1.